The molecule has 0 aliphatic rings. The summed E-state index contributed by atoms with van der Waals surface area (Å²) in [5.41, 5.74) is 9.17. The first kappa shape index (κ1) is 14.9. The summed E-state index contributed by atoms with van der Waals surface area (Å²) in [4.78, 5) is 12.0. The van der Waals surface area contributed by atoms with Crippen LogP contribution in [0.25, 0.3) is 0 Å². The molecule has 0 fully saturated rings. The number of nitrogens with one attached hydrogen (secondary N) is 1. The summed E-state index contributed by atoms with van der Waals surface area (Å²) < 4.78 is 0. The third kappa shape index (κ3) is 3.95. The van der Waals surface area contributed by atoms with E-state index < -0.39 is 0 Å². The van der Waals surface area contributed by atoms with Crippen molar-refractivity contribution < 1.29 is 4.79 Å². The maximum absolute atomic E-state index is 12.0. The van der Waals surface area contributed by atoms with Gasteiger partial charge in [0.1, 0.15) is 0 Å². The highest BCUT2D eigenvalue weighted by atomic mass is 32.2. The minimum atomic E-state index is -0.0347. The number of rotatable bonds is 5. The molecule has 1 aromatic rings. The third-order valence-electron chi connectivity index (χ3n) is 3.10. The molecule has 1 unspecified atom stereocenters. The lowest BCUT2D eigenvalue weighted by Crippen LogP contribution is -2.26. The van der Waals surface area contributed by atoms with Gasteiger partial charge in [-0.25, -0.2) is 0 Å². The molecule has 0 aromatic heterocycles. The summed E-state index contributed by atoms with van der Waals surface area (Å²) >= 11 is 1.81. The lowest BCUT2D eigenvalue weighted by molar-refractivity contribution is 0.0953. The maximum Gasteiger partial charge on any atom is 0.251 e. The van der Waals surface area contributed by atoms with Gasteiger partial charge in [-0.05, 0) is 43.7 Å². The SMILES string of the molecule is CSC(C)CCNC(=O)c1cc(N)c(C)cc1C. The van der Waals surface area contributed by atoms with Crippen molar-refractivity contribution >= 4 is 23.4 Å². The van der Waals surface area contributed by atoms with Gasteiger partial charge in [0.05, 0.1) is 0 Å². The molecule has 1 rings (SSSR count). The van der Waals surface area contributed by atoms with E-state index in [1.54, 1.807) is 6.07 Å². The molecule has 0 spiro atoms. The van der Waals surface area contributed by atoms with Crippen molar-refractivity contribution in [3.8, 4) is 0 Å². The molecule has 0 saturated heterocycles. The smallest absolute Gasteiger partial charge is 0.251 e. The molecule has 100 valence electrons. The van der Waals surface area contributed by atoms with Crippen molar-refractivity contribution in [2.24, 2.45) is 0 Å². The molecule has 3 nitrogen and oxygen atoms in total. The average Bonchev–Trinajstić information content (AvgIpc) is 2.33. The van der Waals surface area contributed by atoms with Crippen molar-refractivity contribution in [2.45, 2.75) is 32.4 Å². The largest absolute Gasteiger partial charge is 0.398 e. The Morgan fingerprint density at radius 3 is 2.67 bits per heavy atom. The van der Waals surface area contributed by atoms with Crippen LogP contribution in [-0.4, -0.2) is 24.0 Å². The first-order chi connectivity index (χ1) is 8.45. The summed E-state index contributed by atoms with van der Waals surface area (Å²) in [5.74, 6) is -0.0347. The second-order valence-electron chi connectivity index (χ2n) is 4.61. The van der Waals surface area contributed by atoms with Crippen LogP contribution in [0.15, 0.2) is 12.1 Å². The van der Waals surface area contributed by atoms with Crippen LogP contribution in [0.3, 0.4) is 0 Å². The zero-order valence-corrected chi connectivity index (χ0v) is 12.4. The van der Waals surface area contributed by atoms with Crippen LogP contribution < -0.4 is 11.1 Å². The molecule has 1 amide bonds. The summed E-state index contributed by atoms with van der Waals surface area (Å²) in [6, 6.07) is 3.72. The van der Waals surface area contributed by atoms with Gasteiger partial charge in [0.25, 0.3) is 5.91 Å². The molecule has 18 heavy (non-hydrogen) atoms. The molecule has 0 aliphatic carbocycles. The van der Waals surface area contributed by atoms with Crippen LogP contribution in [-0.2, 0) is 0 Å². The molecule has 3 N–H and O–H groups in total. The summed E-state index contributed by atoms with van der Waals surface area (Å²) in [6.45, 7) is 6.75. The molecule has 1 atom stereocenters. The van der Waals surface area contributed by atoms with E-state index in [1.807, 2.05) is 31.7 Å². The molecule has 0 heterocycles. The van der Waals surface area contributed by atoms with Gasteiger partial charge < -0.3 is 11.1 Å². The topological polar surface area (TPSA) is 55.1 Å². The Labute approximate surface area is 114 Å². The highest BCUT2D eigenvalue weighted by molar-refractivity contribution is 7.99. The van der Waals surface area contributed by atoms with E-state index in [0.717, 1.165) is 17.5 Å². The quantitative estimate of drug-likeness (QED) is 0.806. The van der Waals surface area contributed by atoms with Gasteiger partial charge in [-0.1, -0.05) is 13.0 Å². The number of nitrogens with two attached hydrogens (primary N) is 1. The Morgan fingerprint density at radius 1 is 1.39 bits per heavy atom. The van der Waals surface area contributed by atoms with E-state index >= 15 is 0 Å². The molecule has 4 heteroatoms. The fourth-order valence-corrected chi connectivity index (χ4v) is 2.07. The number of hydrogen-bond donors (Lipinski definition) is 2. The zero-order valence-electron chi connectivity index (χ0n) is 11.5. The van der Waals surface area contributed by atoms with E-state index in [9.17, 15) is 4.79 Å². The fourth-order valence-electron chi connectivity index (χ4n) is 1.72. The number of thioether (sulfide) groups is 1. The lowest BCUT2D eigenvalue weighted by atomic mass is 10.0. The van der Waals surface area contributed by atoms with Gasteiger partial charge in [0, 0.05) is 23.0 Å². The molecule has 1 aromatic carbocycles. The zero-order chi connectivity index (χ0) is 13.7. The van der Waals surface area contributed by atoms with Crippen molar-refractivity contribution in [2.75, 3.05) is 18.5 Å². The van der Waals surface area contributed by atoms with E-state index in [-0.39, 0.29) is 5.91 Å². The first-order valence-corrected chi connectivity index (χ1v) is 7.42. The van der Waals surface area contributed by atoms with Gasteiger partial charge >= 0.3 is 0 Å². The number of carbonyl (C=O) groups is 1. The Bertz CT molecular complexity index is 432. The predicted octanol–water partition coefficient (Wildman–Crippen LogP) is 2.76. The summed E-state index contributed by atoms with van der Waals surface area (Å²) in [7, 11) is 0. The van der Waals surface area contributed by atoms with Gasteiger partial charge in [0.2, 0.25) is 0 Å². The van der Waals surface area contributed by atoms with Crippen molar-refractivity contribution in [1.29, 1.82) is 0 Å². The van der Waals surface area contributed by atoms with Crippen molar-refractivity contribution in [1.82, 2.24) is 5.32 Å². The fraction of sp³-hybridized carbons (Fsp3) is 0.500. The lowest BCUT2D eigenvalue weighted by Gasteiger charge is -2.12. The first-order valence-electron chi connectivity index (χ1n) is 6.13. The minimum Gasteiger partial charge on any atom is -0.398 e. The minimum absolute atomic E-state index is 0.0347. The Balaban J connectivity index is 2.64. The van der Waals surface area contributed by atoms with Gasteiger partial charge in [-0.15, -0.1) is 0 Å². The van der Waals surface area contributed by atoms with Crippen LogP contribution in [0.5, 0.6) is 0 Å². The van der Waals surface area contributed by atoms with Crippen LogP contribution in [0.4, 0.5) is 5.69 Å². The van der Waals surface area contributed by atoms with Crippen LogP contribution in [0, 0.1) is 13.8 Å². The monoisotopic (exact) mass is 266 g/mol. The predicted molar refractivity (Wildman–Crippen MR) is 80.3 cm³/mol. The Morgan fingerprint density at radius 2 is 2.06 bits per heavy atom. The number of amides is 1. The average molecular weight is 266 g/mol. The van der Waals surface area contributed by atoms with E-state index in [0.29, 0.717) is 23.0 Å². The highest BCUT2D eigenvalue weighted by Crippen LogP contribution is 2.17. The Hall–Kier alpha value is -1.16. The van der Waals surface area contributed by atoms with E-state index in [2.05, 4.69) is 18.5 Å². The molecule has 0 radical (unpaired) electrons. The number of carbonyl (C=O) groups excluding carboxylic acids is 1. The molecular weight excluding hydrogens is 244 g/mol. The van der Waals surface area contributed by atoms with E-state index in [1.165, 1.54) is 0 Å². The second-order valence-corrected chi connectivity index (χ2v) is 5.89. The van der Waals surface area contributed by atoms with E-state index in [4.69, 9.17) is 5.73 Å². The number of benzene rings is 1. The van der Waals surface area contributed by atoms with Gasteiger partial charge in [0.15, 0.2) is 0 Å². The van der Waals surface area contributed by atoms with Crippen molar-refractivity contribution in [3.63, 3.8) is 0 Å². The Kier molecular flexibility index (Phi) is 5.54. The van der Waals surface area contributed by atoms with Gasteiger partial charge in [-0.3, -0.25) is 4.79 Å². The van der Waals surface area contributed by atoms with Crippen LogP contribution in [0.2, 0.25) is 0 Å². The summed E-state index contributed by atoms with van der Waals surface area (Å²) in [5, 5.41) is 3.51. The molecule has 0 bridgehead atoms. The molecular formula is C14H22N2OS. The second kappa shape index (κ2) is 6.69. The molecule has 0 aliphatic heterocycles. The van der Waals surface area contributed by atoms with Gasteiger partial charge in [-0.2, -0.15) is 11.8 Å². The summed E-state index contributed by atoms with van der Waals surface area (Å²) in [6.07, 6.45) is 3.06. The van der Waals surface area contributed by atoms with Crippen molar-refractivity contribution in [3.05, 3.63) is 28.8 Å². The number of hydrogen-bond acceptors (Lipinski definition) is 3. The number of anilines is 1. The third-order valence-corrected chi connectivity index (χ3v) is 4.14. The molecule has 0 saturated carbocycles. The highest BCUT2D eigenvalue weighted by Gasteiger charge is 2.10. The van der Waals surface area contributed by atoms with Crippen LogP contribution >= 0.6 is 11.8 Å². The van der Waals surface area contributed by atoms with Crippen LogP contribution in [0.1, 0.15) is 34.8 Å². The standard InChI is InChI=1S/C14H22N2OS/c1-9-7-10(2)13(15)8-12(9)14(17)16-6-5-11(3)18-4/h7-8,11H,5-6,15H2,1-4H3,(H,16,17). The number of aryl methyl sites for hydroxylation is 2. The normalized spacial score (nSPS) is 12.2. The number of nitrogen functional groups attached to an aromatic ring is 1. The maximum atomic E-state index is 12.0.